The van der Waals surface area contributed by atoms with Gasteiger partial charge >= 0.3 is 0 Å². The number of hydrogen-bond donors (Lipinski definition) is 1. The van der Waals surface area contributed by atoms with E-state index < -0.39 is 0 Å². The zero-order chi connectivity index (χ0) is 13.4. The van der Waals surface area contributed by atoms with Crippen LogP contribution in [-0.4, -0.2) is 6.54 Å². The van der Waals surface area contributed by atoms with Crippen LogP contribution in [0.3, 0.4) is 0 Å². The molecule has 2 heteroatoms. The van der Waals surface area contributed by atoms with E-state index in [1.807, 2.05) is 12.1 Å². The number of hydrogen-bond acceptors (Lipinski definition) is 1. The summed E-state index contributed by atoms with van der Waals surface area (Å²) in [6.07, 6.45) is 1.03. The minimum atomic E-state index is -0.167. The van der Waals surface area contributed by atoms with Crippen molar-refractivity contribution in [2.75, 3.05) is 11.9 Å². The molecule has 0 aromatic heterocycles. The summed E-state index contributed by atoms with van der Waals surface area (Å²) in [7, 11) is 0. The second-order valence-corrected chi connectivity index (χ2v) is 5.39. The first-order valence-electron chi connectivity index (χ1n) is 6.73. The average molecular weight is 255 g/mol. The second-order valence-electron chi connectivity index (χ2n) is 5.39. The van der Waals surface area contributed by atoms with Crippen LogP contribution in [-0.2, 0) is 6.42 Å². The summed E-state index contributed by atoms with van der Waals surface area (Å²) in [5, 5.41) is 3.54. The van der Waals surface area contributed by atoms with Crippen molar-refractivity contribution in [3.8, 4) is 0 Å². The molecule has 1 heterocycles. The molecule has 0 saturated heterocycles. The molecule has 0 spiro atoms. The van der Waals surface area contributed by atoms with E-state index >= 15 is 0 Å². The van der Waals surface area contributed by atoms with E-state index in [0.717, 1.165) is 13.0 Å². The molecule has 19 heavy (non-hydrogen) atoms. The molecule has 1 aliphatic heterocycles. The van der Waals surface area contributed by atoms with Gasteiger partial charge in [-0.2, -0.15) is 0 Å². The molecule has 1 unspecified atom stereocenters. The molecular formula is C17H18FN. The van der Waals surface area contributed by atoms with E-state index in [4.69, 9.17) is 0 Å². The normalized spacial score (nSPS) is 17.7. The van der Waals surface area contributed by atoms with Crippen LogP contribution in [0.1, 0.15) is 28.2 Å². The quantitative estimate of drug-likeness (QED) is 0.805. The fourth-order valence-corrected chi connectivity index (χ4v) is 2.89. The maximum absolute atomic E-state index is 13.0. The van der Waals surface area contributed by atoms with Gasteiger partial charge in [-0.15, -0.1) is 0 Å². The number of fused-ring (bicyclic) bond motifs is 1. The molecule has 1 nitrogen and oxygen atoms in total. The molecule has 3 rings (SSSR count). The van der Waals surface area contributed by atoms with Gasteiger partial charge < -0.3 is 5.32 Å². The summed E-state index contributed by atoms with van der Waals surface area (Å²) in [4.78, 5) is 0. The van der Waals surface area contributed by atoms with Crippen molar-refractivity contribution < 1.29 is 4.39 Å². The van der Waals surface area contributed by atoms with Crippen molar-refractivity contribution in [3.05, 3.63) is 64.5 Å². The molecule has 1 aliphatic rings. The summed E-state index contributed by atoms with van der Waals surface area (Å²) in [6.45, 7) is 5.22. The Bertz CT molecular complexity index is 601. The van der Waals surface area contributed by atoms with Gasteiger partial charge in [-0.3, -0.25) is 0 Å². The zero-order valence-electron chi connectivity index (χ0n) is 11.3. The Morgan fingerprint density at radius 1 is 1.00 bits per heavy atom. The van der Waals surface area contributed by atoms with Crippen molar-refractivity contribution in [2.24, 2.45) is 0 Å². The van der Waals surface area contributed by atoms with Crippen molar-refractivity contribution in [1.82, 2.24) is 0 Å². The van der Waals surface area contributed by atoms with E-state index in [1.54, 1.807) is 12.1 Å². The minimum absolute atomic E-state index is 0.167. The van der Waals surface area contributed by atoms with Crippen molar-refractivity contribution in [3.63, 3.8) is 0 Å². The molecular weight excluding hydrogens is 237 g/mol. The Hall–Kier alpha value is -1.83. The molecule has 0 saturated carbocycles. The predicted molar refractivity (Wildman–Crippen MR) is 77.3 cm³/mol. The highest BCUT2D eigenvalue weighted by molar-refractivity contribution is 5.62. The SMILES string of the molecule is Cc1ccc(C)c2c1CC(c1ccc(F)cc1)CN2. The van der Waals surface area contributed by atoms with Crippen molar-refractivity contribution in [1.29, 1.82) is 0 Å². The van der Waals surface area contributed by atoms with Crippen LogP contribution in [0.5, 0.6) is 0 Å². The number of aryl methyl sites for hydroxylation is 2. The lowest BCUT2D eigenvalue weighted by Gasteiger charge is -2.29. The monoisotopic (exact) mass is 255 g/mol. The standard InChI is InChI=1S/C17H18FN/c1-11-3-4-12(2)17-16(11)9-14(10-19-17)13-5-7-15(18)8-6-13/h3-8,14,19H,9-10H2,1-2H3. The maximum Gasteiger partial charge on any atom is 0.123 e. The fraction of sp³-hybridized carbons (Fsp3) is 0.294. The fourth-order valence-electron chi connectivity index (χ4n) is 2.89. The average Bonchev–Trinajstić information content (AvgIpc) is 2.43. The molecule has 0 fully saturated rings. The molecule has 2 aromatic rings. The van der Waals surface area contributed by atoms with Crippen molar-refractivity contribution >= 4 is 5.69 Å². The first-order valence-corrected chi connectivity index (χ1v) is 6.73. The summed E-state index contributed by atoms with van der Waals surface area (Å²) in [6, 6.07) is 11.2. The van der Waals surface area contributed by atoms with Crippen LogP contribution in [0.15, 0.2) is 36.4 Å². The van der Waals surface area contributed by atoms with Crippen LogP contribution < -0.4 is 5.32 Å². The maximum atomic E-state index is 13.0. The van der Waals surface area contributed by atoms with Crippen LogP contribution >= 0.6 is 0 Å². The van der Waals surface area contributed by atoms with Crippen LogP contribution in [0, 0.1) is 19.7 Å². The van der Waals surface area contributed by atoms with Crippen LogP contribution in [0.4, 0.5) is 10.1 Å². The van der Waals surface area contributed by atoms with Gasteiger partial charge in [0, 0.05) is 18.2 Å². The summed E-state index contributed by atoms with van der Waals surface area (Å²) in [5.41, 5.74) is 6.54. The second kappa shape index (κ2) is 4.69. The largest absolute Gasteiger partial charge is 0.384 e. The molecule has 1 N–H and O–H groups in total. The highest BCUT2D eigenvalue weighted by Crippen LogP contribution is 2.34. The van der Waals surface area contributed by atoms with Crippen LogP contribution in [0.25, 0.3) is 0 Å². The number of rotatable bonds is 1. The molecule has 0 bridgehead atoms. The minimum Gasteiger partial charge on any atom is -0.384 e. The molecule has 98 valence electrons. The first kappa shape index (κ1) is 12.2. The lowest BCUT2D eigenvalue weighted by Crippen LogP contribution is -2.23. The molecule has 0 radical (unpaired) electrons. The third-order valence-corrected chi connectivity index (χ3v) is 4.07. The number of nitrogens with one attached hydrogen (secondary N) is 1. The Balaban J connectivity index is 1.94. The van der Waals surface area contributed by atoms with Gasteiger partial charge in [-0.05, 0) is 54.7 Å². The third-order valence-electron chi connectivity index (χ3n) is 4.07. The number of benzene rings is 2. The highest BCUT2D eigenvalue weighted by Gasteiger charge is 2.22. The van der Waals surface area contributed by atoms with Gasteiger partial charge in [0.25, 0.3) is 0 Å². The van der Waals surface area contributed by atoms with Gasteiger partial charge in [0.05, 0.1) is 0 Å². The van der Waals surface area contributed by atoms with Gasteiger partial charge in [-0.25, -0.2) is 4.39 Å². The van der Waals surface area contributed by atoms with Gasteiger partial charge in [0.15, 0.2) is 0 Å². The van der Waals surface area contributed by atoms with Crippen molar-refractivity contribution in [2.45, 2.75) is 26.2 Å². The van der Waals surface area contributed by atoms with E-state index in [-0.39, 0.29) is 5.82 Å². The highest BCUT2D eigenvalue weighted by atomic mass is 19.1. The lowest BCUT2D eigenvalue weighted by atomic mass is 9.85. The molecule has 0 aliphatic carbocycles. The van der Waals surface area contributed by atoms with Gasteiger partial charge in [0.1, 0.15) is 5.82 Å². The lowest BCUT2D eigenvalue weighted by molar-refractivity contribution is 0.623. The van der Waals surface area contributed by atoms with E-state index in [0.29, 0.717) is 5.92 Å². The molecule has 1 atom stereocenters. The Labute approximate surface area is 113 Å². The Morgan fingerprint density at radius 3 is 2.42 bits per heavy atom. The van der Waals surface area contributed by atoms with E-state index in [2.05, 4.69) is 31.3 Å². The molecule has 0 amide bonds. The van der Waals surface area contributed by atoms with E-state index in [9.17, 15) is 4.39 Å². The summed E-state index contributed by atoms with van der Waals surface area (Å²) < 4.78 is 13.0. The molecule has 2 aromatic carbocycles. The Kier molecular flexibility index (Phi) is 3.02. The smallest absolute Gasteiger partial charge is 0.123 e. The van der Waals surface area contributed by atoms with E-state index in [1.165, 1.54) is 27.9 Å². The predicted octanol–water partition coefficient (Wildman–Crippen LogP) is 4.19. The number of halogens is 1. The first-order chi connectivity index (χ1) is 9.15. The Morgan fingerprint density at radius 2 is 1.68 bits per heavy atom. The zero-order valence-corrected chi connectivity index (χ0v) is 11.3. The van der Waals surface area contributed by atoms with Gasteiger partial charge in [-0.1, -0.05) is 24.3 Å². The summed E-state index contributed by atoms with van der Waals surface area (Å²) in [5.74, 6) is 0.258. The van der Waals surface area contributed by atoms with Gasteiger partial charge in [0.2, 0.25) is 0 Å². The summed E-state index contributed by atoms with van der Waals surface area (Å²) >= 11 is 0. The van der Waals surface area contributed by atoms with Crippen LogP contribution in [0.2, 0.25) is 0 Å². The topological polar surface area (TPSA) is 12.0 Å². The number of anilines is 1. The third kappa shape index (κ3) is 2.23.